The zero-order chi connectivity index (χ0) is 12.1. The van der Waals surface area contributed by atoms with Crippen LogP contribution in [0.4, 0.5) is 0 Å². The fourth-order valence-corrected chi connectivity index (χ4v) is 2.21. The molecule has 4 heteroatoms. The number of nitrogens with one attached hydrogen (secondary N) is 1. The summed E-state index contributed by atoms with van der Waals surface area (Å²) in [4.78, 5) is 19.3. The van der Waals surface area contributed by atoms with Crippen molar-refractivity contribution in [1.82, 2.24) is 9.97 Å². The molecule has 0 amide bonds. The molecule has 1 heterocycles. The van der Waals surface area contributed by atoms with Crippen LogP contribution < -0.4 is 5.56 Å². The van der Waals surface area contributed by atoms with Crippen molar-refractivity contribution in [3.8, 4) is 0 Å². The van der Waals surface area contributed by atoms with Gasteiger partial charge in [0.1, 0.15) is 12.4 Å². The van der Waals surface area contributed by atoms with E-state index in [1.807, 2.05) is 0 Å². The van der Waals surface area contributed by atoms with E-state index < -0.39 is 0 Å². The van der Waals surface area contributed by atoms with Crippen LogP contribution >= 0.6 is 0 Å². The molecule has 0 saturated carbocycles. The maximum atomic E-state index is 11.9. The summed E-state index contributed by atoms with van der Waals surface area (Å²) in [5, 5.41) is 0. The molecule has 4 nitrogen and oxygen atoms in total. The molecule has 2 rings (SSSR count). The first-order valence-corrected chi connectivity index (χ1v) is 6.50. The Kier molecular flexibility index (Phi) is 4.31. The molecule has 0 unspecified atom stereocenters. The van der Waals surface area contributed by atoms with Gasteiger partial charge in [0.25, 0.3) is 5.56 Å². The predicted octanol–water partition coefficient (Wildman–Crippen LogP) is 1.97. The van der Waals surface area contributed by atoms with Crippen molar-refractivity contribution in [2.24, 2.45) is 0 Å². The molecular weight excluding hydrogens is 216 g/mol. The fourth-order valence-electron chi connectivity index (χ4n) is 2.21. The first kappa shape index (κ1) is 12.3. The van der Waals surface area contributed by atoms with Gasteiger partial charge < -0.3 is 9.72 Å². The summed E-state index contributed by atoms with van der Waals surface area (Å²) in [5.74, 6) is 0.670. The van der Waals surface area contributed by atoms with E-state index in [-0.39, 0.29) is 5.56 Å². The Balaban J connectivity index is 2.17. The second kappa shape index (κ2) is 5.96. The van der Waals surface area contributed by atoms with Crippen LogP contribution in [0.25, 0.3) is 0 Å². The lowest BCUT2D eigenvalue weighted by Crippen LogP contribution is -2.20. The van der Waals surface area contributed by atoms with Crippen LogP contribution in [0.2, 0.25) is 0 Å². The average Bonchev–Trinajstić information content (AvgIpc) is 2.55. The third-order valence-corrected chi connectivity index (χ3v) is 3.08. The minimum absolute atomic E-state index is 0.0343. The number of rotatable bonds is 4. The van der Waals surface area contributed by atoms with E-state index in [0.29, 0.717) is 19.0 Å². The smallest absolute Gasteiger partial charge is 0.254 e. The molecule has 17 heavy (non-hydrogen) atoms. The molecule has 0 aliphatic heterocycles. The van der Waals surface area contributed by atoms with E-state index in [1.165, 1.54) is 6.42 Å². The highest BCUT2D eigenvalue weighted by Gasteiger charge is 2.14. The van der Waals surface area contributed by atoms with Crippen LogP contribution in [0.5, 0.6) is 0 Å². The molecule has 0 saturated heterocycles. The number of aromatic nitrogens is 2. The van der Waals surface area contributed by atoms with Crippen LogP contribution in [-0.2, 0) is 24.2 Å². The van der Waals surface area contributed by atoms with Gasteiger partial charge in [-0.25, -0.2) is 4.98 Å². The highest BCUT2D eigenvalue weighted by atomic mass is 16.5. The molecule has 1 aliphatic carbocycles. The summed E-state index contributed by atoms with van der Waals surface area (Å²) in [6.45, 7) is 3.18. The molecule has 0 bridgehead atoms. The van der Waals surface area contributed by atoms with Gasteiger partial charge in [-0.2, -0.15) is 0 Å². The Bertz CT molecular complexity index is 426. The molecule has 0 atom stereocenters. The Labute approximate surface area is 101 Å². The maximum Gasteiger partial charge on any atom is 0.254 e. The molecule has 0 radical (unpaired) electrons. The Morgan fingerprint density at radius 3 is 2.94 bits per heavy atom. The second-order valence-electron chi connectivity index (χ2n) is 4.55. The summed E-state index contributed by atoms with van der Waals surface area (Å²) in [7, 11) is 0. The highest BCUT2D eigenvalue weighted by molar-refractivity contribution is 5.19. The van der Waals surface area contributed by atoms with Gasteiger partial charge in [-0.15, -0.1) is 0 Å². The molecular formula is C13H20N2O2. The zero-order valence-electron chi connectivity index (χ0n) is 10.4. The average molecular weight is 236 g/mol. The molecule has 1 N–H and O–H groups in total. The summed E-state index contributed by atoms with van der Waals surface area (Å²) < 4.78 is 5.41. The standard InChI is InChI=1S/C13H20N2O2/c1-2-8-17-9-12-14-11-7-5-3-4-6-10(11)13(16)15-12/h2-9H2,1H3,(H,14,15,16). The minimum Gasteiger partial charge on any atom is -0.374 e. The van der Waals surface area contributed by atoms with Crippen molar-refractivity contribution in [3.63, 3.8) is 0 Å². The third kappa shape index (κ3) is 3.16. The maximum absolute atomic E-state index is 11.9. The van der Waals surface area contributed by atoms with Crippen molar-refractivity contribution in [2.75, 3.05) is 6.61 Å². The van der Waals surface area contributed by atoms with Gasteiger partial charge in [0.05, 0.1) is 5.69 Å². The first-order valence-electron chi connectivity index (χ1n) is 6.50. The second-order valence-corrected chi connectivity index (χ2v) is 4.55. The van der Waals surface area contributed by atoms with Crippen molar-refractivity contribution in [3.05, 3.63) is 27.4 Å². The Hall–Kier alpha value is -1.16. The largest absolute Gasteiger partial charge is 0.374 e. The number of hydrogen-bond donors (Lipinski definition) is 1. The van der Waals surface area contributed by atoms with E-state index >= 15 is 0 Å². The van der Waals surface area contributed by atoms with Crippen LogP contribution in [0, 0.1) is 0 Å². The van der Waals surface area contributed by atoms with E-state index in [1.54, 1.807) is 0 Å². The number of ether oxygens (including phenoxy) is 1. The summed E-state index contributed by atoms with van der Waals surface area (Å²) in [6, 6.07) is 0. The monoisotopic (exact) mass is 236 g/mol. The fraction of sp³-hybridized carbons (Fsp3) is 0.692. The normalized spacial score (nSPS) is 15.4. The lowest BCUT2D eigenvalue weighted by molar-refractivity contribution is 0.115. The van der Waals surface area contributed by atoms with Crippen molar-refractivity contribution in [2.45, 2.75) is 52.1 Å². The first-order chi connectivity index (χ1) is 8.31. The Morgan fingerprint density at radius 1 is 1.29 bits per heavy atom. The molecule has 1 aromatic rings. The lowest BCUT2D eigenvalue weighted by atomic mass is 10.1. The number of aryl methyl sites for hydroxylation is 1. The molecule has 0 fully saturated rings. The van der Waals surface area contributed by atoms with E-state index in [2.05, 4.69) is 16.9 Å². The zero-order valence-corrected chi connectivity index (χ0v) is 10.4. The number of nitrogens with zero attached hydrogens (tertiary/aromatic N) is 1. The van der Waals surface area contributed by atoms with Crippen molar-refractivity contribution < 1.29 is 4.74 Å². The summed E-state index contributed by atoms with van der Waals surface area (Å²) in [5.41, 5.74) is 1.91. The number of aromatic amines is 1. The summed E-state index contributed by atoms with van der Waals surface area (Å²) >= 11 is 0. The van der Waals surface area contributed by atoms with Gasteiger partial charge in [0, 0.05) is 12.2 Å². The quantitative estimate of drug-likeness (QED) is 0.642. The van der Waals surface area contributed by atoms with E-state index in [0.717, 1.165) is 43.4 Å². The minimum atomic E-state index is 0.0343. The molecule has 1 aromatic heterocycles. The van der Waals surface area contributed by atoms with Gasteiger partial charge in [0.15, 0.2) is 0 Å². The molecule has 0 aromatic carbocycles. The van der Waals surface area contributed by atoms with Gasteiger partial charge in [0.2, 0.25) is 0 Å². The Morgan fingerprint density at radius 2 is 2.12 bits per heavy atom. The topological polar surface area (TPSA) is 55.0 Å². The van der Waals surface area contributed by atoms with Crippen LogP contribution in [-0.4, -0.2) is 16.6 Å². The SMILES string of the molecule is CCCOCc1nc2c(c(=O)[nH]1)CCCCC2. The van der Waals surface area contributed by atoms with Crippen molar-refractivity contribution >= 4 is 0 Å². The summed E-state index contributed by atoms with van der Waals surface area (Å²) in [6.07, 6.45) is 6.21. The van der Waals surface area contributed by atoms with Gasteiger partial charge in [-0.05, 0) is 32.1 Å². The van der Waals surface area contributed by atoms with Crippen LogP contribution in [0.1, 0.15) is 49.7 Å². The van der Waals surface area contributed by atoms with Gasteiger partial charge in [-0.3, -0.25) is 4.79 Å². The molecule has 1 aliphatic rings. The van der Waals surface area contributed by atoms with E-state index in [4.69, 9.17) is 4.74 Å². The number of H-pyrrole nitrogens is 1. The number of fused-ring (bicyclic) bond motifs is 1. The van der Waals surface area contributed by atoms with Gasteiger partial charge in [-0.1, -0.05) is 13.3 Å². The van der Waals surface area contributed by atoms with Crippen LogP contribution in [0.15, 0.2) is 4.79 Å². The highest BCUT2D eigenvalue weighted by Crippen LogP contribution is 2.15. The van der Waals surface area contributed by atoms with Crippen LogP contribution in [0.3, 0.4) is 0 Å². The number of hydrogen-bond acceptors (Lipinski definition) is 3. The third-order valence-electron chi connectivity index (χ3n) is 3.08. The molecule has 0 spiro atoms. The van der Waals surface area contributed by atoms with E-state index in [9.17, 15) is 4.79 Å². The molecule has 94 valence electrons. The predicted molar refractivity (Wildman–Crippen MR) is 66.1 cm³/mol. The lowest BCUT2D eigenvalue weighted by Gasteiger charge is -2.07. The van der Waals surface area contributed by atoms with Crippen molar-refractivity contribution in [1.29, 1.82) is 0 Å². The van der Waals surface area contributed by atoms with Gasteiger partial charge >= 0.3 is 0 Å².